The molecule has 125 heavy (non-hydrogen) atoms. The van der Waals surface area contributed by atoms with E-state index < -0.39 is 0 Å². The summed E-state index contributed by atoms with van der Waals surface area (Å²) < 4.78 is 31.4. The van der Waals surface area contributed by atoms with Gasteiger partial charge in [0.15, 0.2) is 23.0 Å². The van der Waals surface area contributed by atoms with Crippen molar-refractivity contribution >= 4 is 110 Å². The molecule has 11 N–H and O–H groups in total. The number of terminal acetylenes is 1. The predicted octanol–water partition coefficient (Wildman–Crippen LogP) is 14.7. The van der Waals surface area contributed by atoms with Crippen molar-refractivity contribution in [3.63, 3.8) is 0 Å². The zero-order valence-electron chi connectivity index (χ0n) is 75.7. The van der Waals surface area contributed by atoms with Crippen molar-refractivity contribution in [2.45, 2.75) is 219 Å². The molecule has 2 aliphatic heterocycles. The Kier molecular flexibility index (Phi) is 73.2. The number of hydrogen-bond acceptors (Lipinski definition) is 34. The summed E-state index contributed by atoms with van der Waals surface area (Å²) in [6, 6.07) is 21.2. The Morgan fingerprint density at radius 2 is 0.792 bits per heavy atom. The number of aryl methyl sites for hydroxylation is 1. The van der Waals surface area contributed by atoms with Gasteiger partial charge in [0.25, 0.3) is 0 Å². The van der Waals surface area contributed by atoms with Crippen LogP contribution in [0.25, 0.3) is 0 Å². The van der Waals surface area contributed by atoms with E-state index in [9.17, 15) is 0 Å². The van der Waals surface area contributed by atoms with Crippen LogP contribution in [-0.2, 0) is 45.5 Å². The Hall–Kier alpha value is -10.8. The highest BCUT2D eigenvalue weighted by Gasteiger charge is 2.22. The molecule has 7 saturated carbocycles. The van der Waals surface area contributed by atoms with Crippen molar-refractivity contribution in [1.82, 2.24) is 59.7 Å². The molecule has 2 aromatic heterocycles. The van der Waals surface area contributed by atoms with Gasteiger partial charge in [-0.3, -0.25) is 0 Å². The lowest BCUT2D eigenvalue weighted by molar-refractivity contribution is -0.0304. The molecule has 0 amide bonds. The third-order valence-corrected chi connectivity index (χ3v) is 21.7. The molecule has 2 saturated heterocycles. The zero-order chi connectivity index (χ0) is 91.3. The number of rotatable bonds is 42. The number of nitrogens with zero attached hydrogens (tertiary/aromatic N) is 13. The fourth-order valence-electron chi connectivity index (χ4n) is 11.6. The predicted molar refractivity (Wildman–Crippen MR) is 527 cm³/mol. The van der Waals surface area contributed by atoms with Gasteiger partial charge in [-0.15, -0.1) is 45.3 Å². The maximum Gasteiger partial charge on any atom is 0.162 e. The third-order valence-electron chi connectivity index (χ3n) is 19.8. The van der Waals surface area contributed by atoms with Crippen LogP contribution in [0.2, 0.25) is 0 Å². The number of methoxy groups -OCH3 is 2. The largest absolute Gasteiger partial charge is 0.493 e. The number of thiophene rings is 2. The molecule has 32 nitrogen and oxygen atoms in total. The van der Waals surface area contributed by atoms with Gasteiger partial charge < -0.3 is 97.8 Å². The molecule has 7 aliphatic carbocycles. The summed E-state index contributed by atoms with van der Waals surface area (Å²) in [5, 5.41) is 47.8. The number of oxime groups is 2. The first-order valence-electron chi connectivity index (χ1n) is 43.3. The van der Waals surface area contributed by atoms with Crippen molar-refractivity contribution < 1.29 is 38.1 Å². The van der Waals surface area contributed by atoms with E-state index in [4.69, 9.17) is 44.5 Å². The molecule has 13 rings (SSSR count). The number of nitrogens with one attached hydrogen (secondary N) is 11. The second-order valence-corrected chi connectivity index (χ2v) is 32.1. The first-order chi connectivity index (χ1) is 61.3. The smallest absolute Gasteiger partial charge is 0.162 e. The molecule has 4 aromatic rings. The maximum atomic E-state index is 5.51. The fourth-order valence-corrected chi connectivity index (χ4v) is 13.0. The summed E-state index contributed by atoms with van der Waals surface area (Å²) in [5.74, 6) is 15.7. The molecule has 0 radical (unpaired) electrons. The van der Waals surface area contributed by atoms with E-state index in [1.165, 1.54) is 156 Å². The molecule has 34 heteroatoms. The van der Waals surface area contributed by atoms with Gasteiger partial charge >= 0.3 is 0 Å². The molecule has 696 valence electrons. The zero-order valence-corrected chi connectivity index (χ0v) is 77.3. The molecule has 9 aliphatic rings. The van der Waals surface area contributed by atoms with E-state index in [2.05, 4.69) is 256 Å². The normalized spacial score (nSPS) is 15.4. The van der Waals surface area contributed by atoms with Crippen molar-refractivity contribution in [3.05, 3.63) is 91.8 Å². The van der Waals surface area contributed by atoms with Crippen LogP contribution < -0.4 is 78.6 Å². The Balaban J connectivity index is 0.000000685. The van der Waals surface area contributed by atoms with Crippen molar-refractivity contribution in [3.8, 4) is 47.2 Å². The first kappa shape index (κ1) is 112. The highest BCUT2D eigenvalue weighted by atomic mass is 32.1. The standard InChI is InChI=1S/C14H17NO3.C12H13NO3.C8H16N2.C7H14N2O.C7H10N2S.C7H14N2.C6H8N2S.C6H12N2.C5H10N2O.3C5H10N2.C4H8N2/c1-4-5-6-9-17-13-8-7-12(11-18-15-2)10-14(13)16-3;1-4-7-15-11-6-5-10(9-16-13-2)8-12(11)14-3;1-9-10-7-8-5-3-2-4-6-8;1-8-9-6-7-2-4-10-5-3-7;1-6-3-4-7(10-6)5-9-8-2;1-8-9-6-7-4-2-3-5-7;1-7-8-5-6-3-2-4-9-6;1-7-8-5-6-3-2-4-6;1-6-7-2-5-3-8-4-5;1-6-7-4-5-2-3-5;2*1-6-7-5-3-2-4-5;1-5-6-4-2-3-4/h7-8,10H,2,4,9,11H2,1,3H3;1,5-6,8H,2,7,9H2,3H3;8,10H,1-7H2;7,9H,1-6H2;3-4,9H,2,5H2,1H3;7,9H,1-6H2;2-4,8H,1,5H2;6,8H,1-5H2;5,7H,1-4H2;3*5,7H,1-4H2;4,6H,1-3H2. The van der Waals surface area contributed by atoms with Crippen LogP contribution in [-0.4, -0.2) is 199 Å². The molecule has 9 fully saturated rings. The first-order valence-corrected chi connectivity index (χ1v) is 45.0. The van der Waals surface area contributed by atoms with Gasteiger partial charge in [-0.05, 0) is 211 Å². The van der Waals surface area contributed by atoms with E-state index in [0.29, 0.717) is 66.9 Å². The van der Waals surface area contributed by atoms with Gasteiger partial charge in [0.2, 0.25) is 0 Å². The molecular formula is C91H152N24O8S2. The molecular weight excluding hydrogens is 1620 g/mol. The van der Waals surface area contributed by atoms with E-state index in [1.54, 1.807) is 49.0 Å². The lowest BCUT2D eigenvalue weighted by atomic mass is 9.86. The summed E-state index contributed by atoms with van der Waals surface area (Å²) >= 11 is 3.49. The summed E-state index contributed by atoms with van der Waals surface area (Å²) in [7, 11) is 3.16. The van der Waals surface area contributed by atoms with Crippen LogP contribution in [0, 0.1) is 66.6 Å². The lowest BCUT2D eigenvalue weighted by Crippen LogP contribution is -2.34. The van der Waals surface area contributed by atoms with Gasteiger partial charge in [-0.25, -0.2) is 0 Å². The SMILES string of the molecule is C#CCOc1ccc(CON=C)cc1OC.C=NNC1CC1.C=NNC1CCC1.C=NNC1CCC1.C=NNCC1CC1.C=NNCC1CCC1.C=NNCC1CCCC1.C=NNCC1CCCCC1.C=NNCC1CCOCC1.C=NNCC1COC1.C=NNCc1ccc(C)s1.C=NNCc1cccs1.C=NOCc1ccc(OCC#CCC)c(OC)c1. The molecule has 2 aromatic carbocycles. The van der Waals surface area contributed by atoms with Crippen LogP contribution in [0.4, 0.5) is 0 Å². The number of hydrogen-bond donors (Lipinski definition) is 11. The quantitative estimate of drug-likeness (QED) is 0.0111. The average molecular weight is 1770 g/mol. The maximum absolute atomic E-state index is 5.51. The molecule has 0 bridgehead atoms. The summed E-state index contributed by atoms with van der Waals surface area (Å²) in [4.78, 5) is 13.6. The Morgan fingerprint density at radius 1 is 0.400 bits per heavy atom. The number of hydrazone groups is 11. The minimum absolute atomic E-state index is 0.209. The Morgan fingerprint density at radius 3 is 1.10 bits per heavy atom. The molecule has 0 atom stereocenters. The van der Waals surface area contributed by atoms with Crippen LogP contribution in [0.5, 0.6) is 23.0 Å². The van der Waals surface area contributed by atoms with Crippen LogP contribution in [0.3, 0.4) is 0 Å². The monoisotopic (exact) mass is 1770 g/mol. The van der Waals surface area contributed by atoms with Gasteiger partial charge in [-0.1, -0.05) is 75.5 Å². The van der Waals surface area contributed by atoms with Gasteiger partial charge in [0, 0.05) is 185 Å². The van der Waals surface area contributed by atoms with Gasteiger partial charge in [0.05, 0.1) is 40.5 Å². The molecule has 0 unspecified atom stereocenters. The van der Waals surface area contributed by atoms with E-state index >= 15 is 0 Å². The fraction of sp³-hybridized carbons (Fsp3) is 0.593. The highest BCUT2D eigenvalue weighted by Crippen LogP contribution is 2.31. The minimum Gasteiger partial charge on any atom is -0.493 e. The molecule has 4 heterocycles. The topological polar surface area (TPSA) is 367 Å². The van der Waals surface area contributed by atoms with Crippen molar-refractivity contribution in [2.24, 2.45) is 102 Å². The molecule has 0 spiro atoms. The van der Waals surface area contributed by atoms with Gasteiger partial charge in [0.1, 0.15) is 26.4 Å². The van der Waals surface area contributed by atoms with Crippen molar-refractivity contribution in [2.75, 3.05) is 93.1 Å². The van der Waals surface area contributed by atoms with Crippen molar-refractivity contribution in [1.29, 1.82) is 0 Å². The van der Waals surface area contributed by atoms with Crippen LogP contribution in [0.1, 0.15) is 193 Å². The minimum atomic E-state index is 0.209. The highest BCUT2D eigenvalue weighted by molar-refractivity contribution is 7.11. The second kappa shape index (κ2) is 81.5. The second-order valence-electron chi connectivity index (χ2n) is 29.7. The summed E-state index contributed by atoms with van der Waals surface area (Å²) in [6.45, 7) is 59.5. The van der Waals surface area contributed by atoms with Crippen LogP contribution in [0.15, 0.2) is 132 Å². The number of ether oxygens (including phenoxy) is 6. The van der Waals surface area contributed by atoms with E-state index in [0.717, 1.165) is 139 Å². The Bertz CT molecular complexity index is 3440. The van der Waals surface area contributed by atoms with E-state index in [-0.39, 0.29) is 6.61 Å². The summed E-state index contributed by atoms with van der Waals surface area (Å²) in [6.07, 6.45) is 38.1. The Labute approximate surface area is 756 Å². The average Bonchev–Trinajstić information content (AvgIpc) is 1.87. The summed E-state index contributed by atoms with van der Waals surface area (Å²) in [5.41, 5.74) is 33.2. The van der Waals surface area contributed by atoms with Crippen LogP contribution >= 0.6 is 22.7 Å². The number of benzene rings is 2. The van der Waals surface area contributed by atoms with Gasteiger partial charge in [-0.2, -0.15) is 56.1 Å². The lowest BCUT2D eigenvalue weighted by Gasteiger charge is -2.24. The van der Waals surface area contributed by atoms with E-state index in [1.807, 2.05) is 42.6 Å². The third kappa shape index (κ3) is 64.6.